The second-order valence-electron chi connectivity index (χ2n) is 4.83. The van der Waals surface area contributed by atoms with E-state index >= 15 is 0 Å². The highest BCUT2D eigenvalue weighted by atomic mass is 35.5. The molecule has 1 aromatic heterocycles. The average molecular weight is 390 g/mol. The minimum atomic E-state index is -3.34. The number of sulfone groups is 1. The molecule has 0 saturated heterocycles. The first-order valence-corrected chi connectivity index (χ1v) is 9.92. The number of amides is 1. The van der Waals surface area contributed by atoms with Gasteiger partial charge < -0.3 is 14.8 Å². The number of nitrogens with one attached hydrogen (secondary N) is 1. The van der Waals surface area contributed by atoms with Crippen LogP contribution in [0.2, 0.25) is 5.02 Å². The van der Waals surface area contributed by atoms with Gasteiger partial charge in [-0.05, 0) is 30.3 Å². The first kappa shape index (κ1) is 18.7. The quantitative estimate of drug-likeness (QED) is 0.736. The third-order valence-electron chi connectivity index (χ3n) is 2.91. The topological polar surface area (TPSA) is 81.7 Å². The number of hydrogen-bond donors (Lipinski definition) is 1. The molecule has 1 amide bonds. The summed E-state index contributed by atoms with van der Waals surface area (Å²) in [5.74, 6) is 0.0125. The van der Waals surface area contributed by atoms with Gasteiger partial charge in [0.1, 0.15) is 16.6 Å². The summed E-state index contributed by atoms with van der Waals surface area (Å²) in [6.07, 6.45) is 1.10. The Hall–Kier alpha value is -1.61. The number of carbonyl (C=O) groups excluding carboxylic acids is 1. The van der Waals surface area contributed by atoms with Gasteiger partial charge in [0.2, 0.25) is 0 Å². The molecule has 0 aliphatic rings. The van der Waals surface area contributed by atoms with Gasteiger partial charge in [-0.15, -0.1) is 11.3 Å². The molecule has 1 heterocycles. The Morgan fingerprint density at radius 1 is 1.25 bits per heavy atom. The molecule has 0 atom stereocenters. The van der Waals surface area contributed by atoms with Gasteiger partial charge in [-0.1, -0.05) is 11.6 Å². The summed E-state index contributed by atoms with van der Waals surface area (Å²) in [5, 5.41) is 3.12. The molecule has 2 aromatic rings. The Balaban J connectivity index is 2.18. The largest absolute Gasteiger partial charge is 0.489 e. The van der Waals surface area contributed by atoms with Gasteiger partial charge in [-0.3, -0.25) is 4.79 Å². The van der Waals surface area contributed by atoms with Crippen LogP contribution in [0.4, 0.5) is 5.69 Å². The van der Waals surface area contributed by atoms with E-state index in [1.807, 2.05) is 0 Å². The van der Waals surface area contributed by atoms with Crippen molar-refractivity contribution >= 4 is 44.4 Å². The first-order chi connectivity index (χ1) is 11.3. The molecule has 24 heavy (non-hydrogen) atoms. The Bertz CT molecular complexity index is 832. The van der Waals surface area contributed by atoms with E-state index in [0.717, 1.165) is 17.6 Å². The normalized spacial score (nSPS) is 11.3. The van der Waals surface area contributed by atoms with Gasteiger partial charge >= 0.3 is 0 Å². The summed E-state index contributed by atoms with van der Waals surface area (Å²) >= 11 is 6.87. The first-order valence-electron chi connectivity index (χ1n) is 6.84. The van der Waals surface area contributed by atoms with Crippen LogP contribution in [-0.2, 0) is 14.6 Å². The van der Waals surface area contributed by atoms with Crippen molar-refractivity contribution in [2.75, 3.05) is 31.9 Å². The van der Waals surface area contributed by atoms with E-state index in [4.69, 9.17) is 21.1 Å². The minimum Gasteiger partial charge on any atom is -0.489 e. The number of rotatable bonds is 7. The van der Waals surface area contributed by atoms with E-state index in [2.05, 4.69) is 5.32 Å². The third-order valence-corrected chi connectivity index (χ3v) is 6.04. The van der Waals surface area contributed by atoms with Crippen LogP contribution in [0.1, 0.15) is 9.67 Å². The van der Waals surface area contributed by atoms with E-state index in [-0.39, 0.29) is 9.09 Å². The highest BCUT2D eigenvalue weighted by molar-refractivity contribution is 7.92. The molecule has 1 N–H and O–H groups in total. The maximum absolute atomic E-state index is 12.3. The number of methoxy groups -OCH3 is 1. The fourth-order valence-corrected chi connectivity index (χ4v) is 3.78. The van der Waals surface area contributed by atoms with Crippen LogP contribution in [0, 0.1) is 0 Å². The molecule has 0 fully saturated rings. The molecule has 2 rings (SSSR count). The zero-order chi connectivity index (χ0) is 17.7. The van der Waals surface area contributed by atoms with Crippen molar-refractivity contribution in [3.8, 4) is 5.75 Å². The summed E-state index contributed by atoms with van der Waals surface area (Å²) < 4.78 is 33.6. The summed E-state index contributed by atoms with van der Waals surface area (Å²) in [6, 6.07) is 7.72. The monoisotopic (exact) mass is 389 g/mol. The van der Waals surface area contributed by atoms with Crippen molar-refractivity contribution in [2.24, 2.45) is 0 Å². The van der Waals surface area contributed by atoms with Crippen LogP contribution in [-0.4, -0.2) is 40.9 Å². The molecule has 0 bridgehead atoms. The van der Waals surface area contributed by atoms with Crippen molar-refractivity contribution in [3.05, 3.63) is 40.2 Å². The van der Waals surface area contributed by atoms with E-state index in [1.54, 1.807) is 25.3 Å². The molecular formula is C15H16ClNO5S2. The van der Waals surface area contributed by atoms with Crippen LogP contribution < -0.4 is 10.1 Å². The predicted molar refractivity (Wildman–Crippen MR) is 94.2 cm³/mol. The van der Waals surface area contributed by atoms with Crippen LogP contribution >= 0.6 is 22.9 Å². The number of thiophene rings is 1. The third kappa shape index (κ3) is 4.94. The Labute approximate surface area is 149 Å². The number of carbonyl (C=O) groups is 1. The molecule has 0 aliphatic carbocycles. The fourth-order valence-electron chi connectivity index (χ4n) is 1.79. The SMILES string of the molecule is COCCOc1ccc(Cl)cc1NC(=O)c1ccc(S(C)(=O)=O)s1. The Kier molecular flexibility index (Phi) is 6.22. The highest BCUT2D eigenvalue weighted by Crippen LogP contribution is 2.29. The second-order valence-corrected chi connectivity index (χ2v) is 8.59. The molecule has 9 heteroatoms. The van der Waals surface area contributed by atoms with Gasteiger partial charge in [0.15, 0.2) is 9.84 Å². The minimum absolute atomic E-state index is 0.135. The lowest BCUT2D eigenvalue weighted by Crippen LogP contribution is -2.12. The maximum atomic E-state index is 12.3. The van der Waals surface area contributed by atoms with Gasteiger partial charge in [0, 0.05) is 18.4 Å². The molecular weight excluding hydrogens is 374 g/mol. The van der Waals surface area contributed by atoms with Gasteiger partial charge in [-0.25, -0.2) is 8.42 Å². The zero-order valence-electron chi connectivity index (χ0n) is 13.0. The highest BCUT2D eigenvalue weighted by Gasteiger charge is 2.16. The van der Waals surface area contributed by atoms with E-state index in [9.17, 15) is 13.2 Å². The van der Waals surface area contributed by atoms with Gasteiger partial charge in [-0.2, -0.15) is 0 Å². The molecule has 0 radical (unpaired) electrons. The van der Waals surface area contributed by atoms with Crippen LogP contribution in [0.3, 0.4) is 0 Å². The van der Waals surface area contributed by atoms with Crippen molar-refractivity contribution in [1.29, 1.82) is 0 Å². The van der Waals surface area contributed by atoms with Crippen LogP contribution in [0.15, 0.2) is 34.5 Å². The number of hydrogen-bond acceptors (Lipinski definition) is 6. The molecule has 1 aromatic carbocycles. The lowest BCUT2D eigenvalue weighted by atomic mass is 10.3. The molecule has 0 saturated carbocycles. The van der Waals surface area contributed by atoms with Gasteiger partial charge in [0.05, 0.1) is 17.2 Å². The summed E-state index contributed by atoms with van der Waals surface area (Å²) in [4.78, 5) is 12.6. The standard InChI is InChI=1S/C15H16ClNO5S2/c1-21-7-8-22-12-4-3-10(16)9-11(12)17-15(18)13-5-6-14(23-13)24(2,19)20/h3-6,9H,7-8H2,1-2H3,(H,17,18). The Morgan fingerprint density at radius 3 is 2.62 bits per heavy atom. The maximum Gasteiger partial charge on any atom is 0.265 e. The van der Waals surface area contributed by atoms with Crippen molar-refractivity contribution in [1.82, 2.24) is 0 Å². The van der Waals surface area contributed by atoms with Crippen LogP contribution in [0.5, 0.6) is 5.75 Å². The number of ether oxygens (including phenoxy) is 2. The molecule has 130 valence electrons. The van der Waals surface area contributed by atoms with Crippen LogP contribution in [0.25, 0.3) is 0 Å². The molecule has 0 aliphatic heterocycles. The molecule has 0 spiro atoms. The molecule has 6 nitrogen and oxygen atoms in total. The number of halogens is 1. The van der Waals surface area contributed by atoms with Crippen molar-refractivity contribution < 1.29 is 22.7 Å². The number of anilines is 1. The summed E-state index contributed by atoms with van der Waals surface area (Å²) in [7, 11) is -1.78. The summed E-state index contributed by atoms with van der Waals surface area (Å²) in [6.45, 7) is 0.719. The van der Waals surface area contributed by atoms with E-state index < -0.39 is 15.7 Å². The smallest absolute Gasteiger partial charge is 0.265 e. The second kappa shape index (κ2) is 7.98. The van der Waals surface area contributed by atoms with Gasteiger partial charge in [0.25, 0.3) is 5.91 Å². The fraction of sp³-hybridized carbons (Fsp3) is 0.267. The molecule has 0 unspecified atom stereocenters. The zero-order valence-corrected chi connectivity index (χ0v) is 15.4. The average Bonchev–Trinajstić information content (AvgIpc) is 3.00. The van der Waals surface area contributed by atoms with E-state index in [0.29, 0.717) is 29.7 Å². The van der Waals surface area contributed by atoms with Crippen molar-refractivity contribution in [3.63, 3.8) is 0 Å². The van der Waals surface area contributed by atoms with E-state index in [1.165, 1.54) is 12.1 Å². The Morgan fingerprint density at radius 2 is 2.00 bits per heavy atom. The number of benzene rings is 1. The van der Waals surface area contributed by atoms with Crippen molar-refractivity contribution in [2.45, 2.75) is 4.21 Å². The predicted octanol–water partition coefficient (Wildman–Crippen LogP) is 3.08. The lowest BCUT2D eigenvalue weighted by molar-refractivity contribution is 0.102. The summed E-state index contributed by atoms with van der Waals surface area (Å²) in [5.41, 5.74) is 0.401. The lowest BCUT2D eigenvalue weighted by Gasteiger charge is -2.12.